The molecule has 11 heteroatoms. The Morgan fingerprint density at radius 2 is 1.79 bits per heavy atom. The molecule has 0 aliphatic carbocycles. The minimum absolute atomic E-state index is 0.355. The van der Waals surface area contributed by atoms with Crippen LogP contribution in [0.3, 0.4) is 0 Å². The molecule has 0 aliphatic rings. The number of carbonyl (C=O) groups excluding carboxylic acids is 1. The van der Waals surface area contributed by atoms with Gasteiger partial charge in [-0.1, -0.05) is 40.5 Å². The predicted molar refractivity (Wildman–Crippen MR) is 146 cm³/mol. The number of carboxylic acid groups (broad SMARTS) is 1. The predicted octanol–water partition coefficient (Wildman–Crippen LogP) is 5.36. The Balaban J connectivity index is 2.22. The zero-order valence-electron chi connectivity index (χ0n) is 23.4. The monoisotopic (exact) mass is 528 g/mol. The average Bonchev–Trinajstić information content (AvgIpc) is 3.47. The van der Waals surface area contributed by atoms with Crippen LogP contribution in [0, 0.1) is 5.41 Å². The van der Waals surface area contributed by atoms with Gasteiger partial charge in [-0.05, 0) is 37.8 Å². The number of nitrogens with one attached hydrogen (secondary N) is 2. The molecule has 0 fully saturated rings. The Kier molecular flexibility index (Phi) is 9.24. The van der Waals surface area contributed by atoms with E-state index < -0.39 is 29.5 Å². The van der Waals surface area contributed by atoms with Crippen molar-refractivity contribution >= 4 is 28.9 Å². The zero-order valence-corrected chi connectivity index (χ0v) is 23.4. The summed E-state index contributed by atoms with van der Waals surface area (Å²) in [6, 6.07) is 3.55. The highest BCUT2D eigenvalue weighted by Crippen LogP contribution is 2.43. The SMILES string of the molecule is CCCC[C@@H](C(=O)Nc1ccn[nH]1)N(C(=O)O)C(c1nc2c(OCC)ccc(OCC)c2n1C)C(C)(C)C. The van der Waals surface area contributed by atoms with Crippen LogP contribution in [0.1, 0.15) is 72.7 Å². The molecule has 2 amide bonds. The van der Waals surface area contributed by atoms with E-state index in [-0.39, 0.29) is 0 Å². The van der Waals surface area contributed by atoms with E-state index in [0.29, 0.717) is 60.2 Å². The Morgan fingerprint density at radius 3 is 2.34 bits per heavy atom. The largest absolute Gasteiger partial charge is 0.492 e. The van der Waals surface area contributed by atoms with Gasteiger partial charge in [0.05, 0.1) is 25.5 Å². The molecule has 1 aromatic carbocycles. The Morgan fingerprint density at radius 1 is 1.13 bits per heavy atom. The van der Waals surface area contributed by atoms with Gasteiger partial charge in [0.1, 0.15) is 40.2 Å². The van der Waals surface area contributed by atoms with E-state index in [0.717, 1.165) is 6.42 Å². The van der Waals surface area contributed by atoms with E-state index in [9.17, 15) is 14.7 Å². The van der Waals surface area contributed by atoms with Crippen LogP contribution >= 0.6 is 0 Å². The maximum atomic E-state index is 13.5. The van der Waals surface area contributed by atoms with E-state index in [1.807, 2.05) is 65.3 Å². The summed E-state index contributed by atoms with van der Waals surface area (Å²) >= 11 is 0. The molecule has 3 N–H and O–H groups in total. The van der Waals surface area contributed by atoms with E-state index in [2.05, 4.69) is 15.5 Å². The minimum Gasteiger partial charge on any atom is -0.492 e. The number of nitrogens with zero attached hydrogens (tertiary/aromatic N) is 4. The number of aryl methyl sites for hydroxylation is 1. The number of hydrogen-bond acceptors (Lipinski definition) is 6. The zero-order chi connectivity index (χ0) is 28.0. The van der Waals surface area contributed by atoms with Crippen molar-refractivity contribution in [3.8, 4) is 11.5 Å². The summed E-state index contributed by atoms with van der Waals surface area (Å²) in [5.41, 5.74) is 0.672. The van der Waals surface area contributed by atoms with Gasteiger partial charge in [-0.3, -0.25) is 14.8 Å². The highest BCUT2D eigenvalue weighted by atomic mass is 16.5. The van der Waals surface area contributed by atoms with Crippen LogP contribution in [0.25, 0.3) is 11.0 Å². The van der Waals surface area contributed by atoms with Crippen LogP contribution < -0.4 is 14.8 Å². The van der Waals surface area contributed by atoms with Crippen LogP contribution in [0.15, 0.2) is 24.4 Å². The fraction of sp³-hybridized carbons (Fsp3) is 0.556. The van der Waals surface area contributed by atoms with Crippen molar-refractivity contribution in [1.82, 2.24) is 24.6 Å². The Bertz CT molecular complexity index is 1230. The number of carbonyl (C=O) groups is 2. The number of anilines is 1. The number of rotatable bonds is 12. The fourth-order valence-electron chi connectivity index (χ4n) is 4.76. The maximum absolute atomic E-state index is 13.5. The van der Waals surface area contributed by atoms with Crippen LogP contribution in [-0.2, 0) is 11.8 Å². The fourth-order valence-corrected chi connectivity index (χ4v) is 4.76. The second-order valence-electron chi connectivity index (χ2n) is 10.2. The second kappa shape index (κ2) is 12.2. The molecule has 2 atom stereocenters. The maximum Gasteiger partial charge on any atom is 0.408 e. The first-order chi connectivity index (χ1) is 18.0. The van der Waals surface area contributed by atoms with E-state index in [1.54, 1.807) is 6.07 Å². The molecule has 3 rings (SSSR count). The first-order valence-electron chi connectivity index (χ1n) is 13.1. The molecule has 1 unspecified atom stereocenters. The molecule has 2 aromatic heterocycles. The van der Waals surface area contributed by atoms with E-state index in [4.69, 9.17) is 14.5 Å². The molecule has 0 radical (unpaired) electrons. The van der Waals surface area contributed by atoms with E-state index in [1.165, 1.54) is 11.1 Å². The van der Waals surface area contributed by atoms with Crippen molar-refractivity contribution < 1.29 is 24.2 Å². The van der Waals surface area contributed by atoms with Gasteiger partial charge in [0.25, 0.3) is 0 Å². The first-order valence-corrected chi connectivity index (χ1v) is 13.1. The standard InChI is InChI=1S/C27H40N6O5/c1-8-11-12-17(25(34)29-20-15-16-28-31-20)33(26(35)36)23(27(4,5)6)24-30-21-18(37-9-2)13-14-19(38-10-3)22(21)32(24)7/h13-17,23H,8-12H2,1-7H3,(H,35,36)(H2,28,29,31,34)/t17-,23?/m0/s1. The topological polar surface area (TPSA) is 135 Å². The molecule has 0 aliphatic heterocycles. The van der Waals surface area contributed by atoms with Crippen LogP contribution in [0.5, 0.6) is 11.5 Å². The number of imidazole rings is 1. The summed E-state index contributed by atoms with van der Waals surface area (Å²) in [6.45, 7) is 12.6. The summed E-state index contributed by atoms with van der Waals surface area (Å²) in [5.74, 6) is 1.68. The molecule has 0 saturated heterocycles. The number of aromatic amines is 1. The van der Waals surface area contributed by atoms with Crippen LogP contribution in [0.2, 0.25) is 0 Å². The number of benzene rings is 1. The summed E-state index contributed by atoms with van der Waals surface area (Å²) in [6.07, 6.45) is 2.16. The Labute approximate surface area is 223 Å². The number of aromatic nitrogens is 4. The molecule has 2 heterocycles. The van der Waals surface area contributed by atoms with Crippen molar-refractivity contribution in [2.75, 3.05) is 18.5 Å². The highest BCUT2D eigenvalue weighted by Gasteiger charge is 2.44. The summed E-state index contributed by atoms with van der Waals surface area (Å²) in [5, 5.41) is 20.0. The normalized spacial score (nSPS) is 13.2. The van der Waals surface area contributed by atoms with Crippen LogP contribution in [0.4, 0.5) is 10.6 Å². The first kappa shape index (κ1) is 28.8. The number of ether oxygens (including phenoxy) is 2. The van der Waals surface area contributed by atoms with Gasteiger partial charge in [-0.15, -0.1) is 0 Å². The lowest BCUT2D eigenvalue weighted by Crippen LogP contribution is -2.52. The minimum atomic E-state index is -1.20. The highest BCUT2D eigenvalue weighted by molar-refractivity contribution is 5.96. The Hall–Kier alpha value is -3.76. The van der Waals surface area contributed by atoms with Gasteiger partial charge < -0.3 is 24.5 Å². The van der Waals surface area contributed by atoms with Gasteiger partial charge in [0.15, 0.2) is 0 Å². The van der Waals surface area contributed by atoms with Gasteiger partial charge in [0, 0.05) is 13.1 Å². The molecule has 0 spiro atoms. The third-order valence-electron chi connectivity index (χ3n) is 6.37. The summed E-state index contributed by atoms with van der Waals surface area (Å²) in [4.78, 5) is 32.7. The van der Waals surface area contributed by atoms with E-state index >= 15 is 0 Å². The van der Waals surface area contributed by atoms with Gasteiger partial charge in [-0.2, -0.15) is 5.10 Å². The summed E-state index contributed by atoms with van der Waals surface area (Å²) < 4.78 is 13.6. The van der Waals surface area contributed by atoms with Crippen molar-refractivity contribution in [2.24, 2.45) is 12.5 Å². The number of amides is 2. The average molecular weight is 529 g/mol. The third kappa shape index (κ3) is 6.03. The lowest BCUT2D eigenvalue weighted by Gasteiger charge is -2.41. The molecular formula is C27H40N6O5. The molecule has 208 valence electrons. The lowest BCUT2D eigenvalue weighted by molar-refractivity contribution is -0.122. The number of H-pyrrole nitrogens is 1. The van der Waals surface area contributed by atoms with Gasteiger partial charge >= 0.3 is 6.09 Å². The smallest absolute Gasteiger partial charge is 0.408 e. The van der Waals surface area contributed by atoms with Crippen molar-refractivity contribution in [1.29, 1.82) is 0 Å². The van der Waals surface area contributed by atoms with Crippen LogP contribution in [-0.4, -0.2) is 61.0 Å². The molecule has 0 bridgehead atoms. The van der Waals surface area contributed by atoms with Crippen molar-refractivity contribution in [2.45, 2.75) is 72.9 Å². The molecule has 11 nitrogen and oxygen atoms in total. The quantitative estimate of drug-likeness (QED) is 0.288. The summed E-state index contributed by atoms with van der Waals surface area (Å²) in [7, 11) is 1.84. The second-order valence-corrected chi connectivity index (χ2v) is 10.2. The molecule has 0 saturated carbocycles. The third-order valence-corrected chi connectivity index (χ3v) is 6.37. The molecular weight excluding hydrogens is 488 g/mol. The van der Waals surface area contributed by atoms with Gasteiger partial charge in [-0.25, -0.2) is 9.78 Å². The molecule has 38 heavy (non-hydrogen) atoms. The number of hydrogen-bond donors (Lipinski definition) is 3. The lowest BCUT2D eigenvalue weighted by atomic mass is 9.83. The van der Waals surface area contributed by atoms with Crippen molar-refractivity contribution in [3.05, 3.63) is 30.2 Å². The molecule has 3 aromatic rings. The van der Waals surface area contributed by atoms with Gasteiger partial charge in [0.2, 0.25) is 5.91 Å². The van der Waals surface area contributed by atoms with Crippen molar-refractivity contribution in [3.63, 3.8) is 0 Å². The number of fused-ring (bicyclic) bond motifs is 1. The number of unbranched alkanes of at least 4 members (excludes halogenated alkanes) is 1.